The zero-order valence-electron chi connectivity index (χ0n) is 21.9. The van der Waals surface area contributed by atoms with Crippen molar-refractivity contribution in [2.75, 3.05) is 6.54 Å². The van der Waals surface area contributed by atoms with Crippen molar-refractivity contribution in [3.05, 3.63) is 93.2 Å². The van der Waals surface area contributed by atoms with Gasteiger partial charge in [-0.05, 0) is 48.2 Å². The molecule has 206 valence electrons. The van der Waals surface area contributed by atoms with Gasteiger partial charge in [-0.3, -0.25) is 9.59 Å². The molecule has 5 N–H and O–H groups in total. The molecule has 2 aromatic carbocycles. The van der Waals surface area contributed by atoms with E-state index in [2.05, 4.69) is 15.6 Å². The molecule has 0 saturated heterocycles. The standard InChI is InChI=1S/C24H23Cl2N3O5.2C2H6/c25-16-11-14(8-9-20(30)15-5-2-1-3-6-15)12-17(26)21(16)23(32)29-19(24(33)34)13-28-22(31)18-7-4-10-27-18;2*1-2/h1-7,10-12,19-20,27,30H,8-9,13H2,(H,28,31)(H,29,32)(H,33,34);2*1-2H3. The van der Waals surface area contributed by atoms with Crippen LogP contribution in [0, 0.1) is 0 Å². The van der Waals surface area contributed by atoms with Crippen molar-refractivity contribution in [1.29, 1.82) is 0 Å². The maximum Gasteiger partial charge on any atom is 0.328 e. The van der Waals surface area contributed by atoms with Crippen LogP contribution in [0.2, 0.25) is 10.0 Å². The Balaban J connectivity index is 0.00000172. The minimum atomic E-state index is -1.40. The monoisotopic (exact) mass is 563 g/mol. The minimum absolute atomic E-state index is 0.0498. The Bertz CT molecular complexity index is 1130. The van der Waals surface area contributed by atoms with E-state index in [0.29, 0.717) is 12.8 Å². The molecule has 38 heavy (non-hydrogen) atoms. The number of carbonyl (C=O) groups excluding carboxylic acids is 2. The molecule has 2 unspecified atom stereocenters. The Kier molecular flexibility index (Phi) is 14.8. The summed E-state index contributed by atoms with van der Waals surface area (Å²) in [6.45, 7) is 7.66. The molecule has 8 nitrogen and oxygen atoms in total. The largest absolute Gasteiger partial charge is 0.480 e. The molecule has 2 amide bonds. The second kappa shape index (κ2) is 17.2. The summed E-state index contributed by atoms with van der Waals surface area (Å²) in [5.41, 5.74) is 1.69. The predicted octanol–water partition coefficient (Wildman–Crippen LogP) is 5.65. The summed E-state index contributed by atoms with van der Waals surface area (Å²) in [6, 6.07) is 14.1. The summed E-state index contributed by atoms with van der Waals surface area (Å²) in [5, 5.41) is 24.7. The van der Waals surface area contributed by atoms with Crippen molar-refractivity contribution in [3.63, 3.8) is 0 Å². The lowest BCUT2D eigenvalue weighted by atomic mass is 10.0. The summed E-state index contributed by atoms with van der Waals surface area (Å²) < 4.78 is 0. The van der Waals surface area contributed by atoms with Gasteiger partial charge in [0.2, 0.25) is 0 Å². The quantitative estimate of drug-likeness (QED) is 0.217. The van der Waals surface area contributed by atoms with E-state index in [1.807, 2.05) is 58.0 Å². The molecule has 0 spiro atoms. The van der Waals surface area contributed by atoms with Crippen LogP contribution in [0.4, 0.5) is 0 Å². The third-order valence-electron chi connectivity index (χ3n) is 5.13. The van der Waals surface area contributed by atoms with Crippen LogP contribution in [-0.4, -0.2) is 45.6 Å². The number of aryl methyl sites for hydroxylation is 1. The number of hydrogen-bond donors (Lipinski definition) is 5. The third kappa shape index (κ3) is 9.85. The number of H-pyrrole nitrogens is 1. The van der Waals surface area contributed by atoms with Crippen LogP contribution >= 0.6 is 23.2 Å². The van der Waals surface area contributed by atoms with Crippen LogP contribution < -0.4 is 10.6 Å². The number of benzene rings is 2. The van der Waals surface area contributed by atoms with Crippen molar-refractivity contribution in [3.8, 4) is 0 Å². The molecule has 3 rings (SSSR count). The lowest BCUT2D eigenvalue weighted by molar-refractivity contribution is -0.139. The highest BCUT2D eigenvalue weighted by molar-refractivity contribution is 6.39. The maximum atomic E-state index is 12.7. The number of amides is 2. The van der Waals surface area contributed by atoms with Gasteiger partial charge in [-0.1, -0.05) is 81.2 Å². The van der Waals surface area contributed by atoms with Crippen molar-refractivity contribution in [2.24, 2.45) is 0 Å². The van der Waals surface area contributed by atoms with Gasteiger partial charge in [0.1, 0.15) is 11.7 Å². The predicted molar refractivity (Wildman–Crippen MR) is 151 cm³/mol. The lowest BCUT2D eigenvalue weighted by Gasteiger charge is -2.17. The van der Waals surface area contributed by atoms with E-state index in [1.54, 1.807) is 24.4 Å². The first-order chi connectivity index (χ1) is 18.3. The first kappa shape index (κ1) is 32.7. The van der Waals surface area contributed by atoms with Crippen LogP contribution in [0.25, 0.3) is 0 Å². The molecular formula is C28H35Cl2N3O5. The number of hydrogen-bond acceptors (Lipinski definition) is 4. The van der Waals surface area contributed by atoms with Gasteiger partial charge in [-0.25, -0.2) is 4.79 Å². The highest BCUT2D eigenvalue weighted by Gasteiger charge is 2.25. The number of aromatic amines is 1. The van der Waals surface area contributed by atoms with Gasteiger partial charge in [-0.2, -0.15) is 0 Å². The molecule has 1 aromatic heterocycles. The van der Waals surface area contributed by atoms with Crippen LogP contribution in [0.1, 0.15) is 72.2 Å². The lowest BCUT2D eigenvalue weighted by Crippen LogP contribution is -2.48. The average molecular weight is 565 g/mol. The van der Waals surface area contributed by atoms with Crippen molar-refractivity contribution in [2.45, 2.75) is 52.7 Å². The van der Waals surface area contributed by atoms with Gasteiger partial charge >= 0.3 is 5.97 Å². The fourth-order valence-electron chi connectivity index (χ4n) is 3.32. The van der Waals surface area contributed by atoms with E-state index < -0.39 is 29.9 Å². The SMILES string of the molecule is CC.CC.O=C(NCC(NC(=O)c1c(Cl)cc(CCC(O)c2ccccc2)cc1Cl)C(=O)O)c1ccc[nH]1. The fourth-order valence-corrected chi connectivity index (χ4v) is 4.03. The number of aliphatic carboxylic acids is 1. The number of halogens is 2. The molecule has 0 saturated carbocycles. The first-order valence-electron chi connectivity index (χ1n) is 12.4. The topological polar surface area (TPSA) is 132 Å². The number of nitrogens with one attached hydrogen (secondary N) is 3. The van der Waals surface area contributed by atoms with E-state index in [1.165, 1.54) is 6.07 Å². The minimum Gasteiger partial charge on any atom is -0.480 e. The normalized spacial score (nSPS) is 11.6. The van der Waals surface area contributed by atoms with Gasteiger partial charge in [0.15, 0.2) is 0 Å². The maximum absolute atomic E-state index is 12.7. The second-order valence-electron chi connectivity index (χ2n) is 7.56. The van der Waals surface area contributed by atoms with Crippen molar-refractivity contribution >= 4 is 41.0 Å². The molecule has 2 atom stereocenters. The Labute approximate surface area is 233 Å². The highest BCUT2D eigenvalue weighted by Crippen LogP contribution is 2.28. The van der Waals surface area contributed by atoms with Gasteiger partial charge in [0.25, 0.3) is 11.8 Å². The summed E-state index contributed by atoms with van der Waals surface area (Å²) in [7, 11) is 0. The molecule has 0 bridgehead atoms. The highest BCUT2D eigenvalue weighted by atomic mass is 35.5. The molecule has 0 aliphatic heterocycles. The molecule has 0 aliphatic carbocycles. The zero-order valence-corrected chi connectivity index (χ0v) is 23.4. The average Bonchev–Trinajstić information content (AvgIpc) is 3.47. The number of carbonyl (C=O) groups is 3. The van der Waals surface area contributed by atoms with E-state index in [9.17, 15) is 24.6 Å². The number of carboxylic acid groups (broad SMARTS) is 1. The Morgan fingerprint density at radius 3 is 2.05 bits per heavy atom. The summed E-state index contributed by atoms with van der Waals surface area (Å²) >= 11 is 12.6. The van der Waals surface area contributed by atoms with Crippen LogP contribution in [-0.2, 0) is 11.2 Å². The first-order valence-corrected chi connectivity index (χ1v) is 13.2. The number of aromatic nitrogens is 1. The number of aliphatic hydroxyl groups is 1. The molecule has 0 radical (unpaired) electrons. The van der Waals surface area contributed by atoms with E-state index in [-0.39, 0.29) is 27.8 Å². The van der Waals surface area contributed by atoms with Gasteiger partial charge in [0.05, 0.1) is 21.7 Å². The molecule has 10 heteroatoms. The molecule has 1 heterocycles. The molecule has 0 fully saturated rings. The van der Waals surface area contributed by atoms with Gasteiger partial charge in [0, 0.05) is 12.7 Å². The smallest absolute Gasteiger partial charge is 0.328 e. The van der Waals surface area contributed by atoms with E-state index in [4.69, 9.17) is 23.2 Å². The summed E-state index contributed by atoms with van der Waals surface area (Å²) in [4.78, 5) is 39.1. The molecule has 0 aliphatic rings. The summed E-state index contributed by atoms with van der Waals surface area (Å²) in [6.07, 6.45) is 1.77. The number of aliphatic hydroxyl groups excluding tert-OH is 1. The van der Waals surface area contributed by atoms with Gasteiger partial charge < -0.3 is 25.8 Å². The van der Waals surface area contributed by atoms with Crippen molar-refractivity contribution < 1.29 is 24.6 Å². The van der Waals surface area contributed by atoms with E-state index >= 15 is 0 Å². The van der Waals surface area contributed by atoms with Crippen LogP contribution in [0.5, 0.6) is 0 Å². The number of carboxylic acids is 1. The Morgan fingerprint density at radius 1 is 0.921 bits per heavy atom. The Hall–Kier alpha value is -3.33. The molecule has 3 aromatic rings. The molecular weight excluding hydrogens is 529 g/mol. The third-order valence-corrected chi connectivity index (χ3v) is 5.73. The number of rotatable bonds is 10. The fraction of sp³-hybridized carbons (Fsp3) is 0.321. The second-order valence-corrected chi connectivity index (χ2v) is 8.37. The van der Waals surface area contributed by atoms with Gasteiger partial charge in [-0.15, -0.1) is 0 Å². The zero-order chi connectivity index (χ0) is 28.7. The van der Waals surface area contributed by atoms with Crippen molar-refractivity contribution in [1.82, 2.24) is 15.6 Å². The van der Waals surface area contributed by atoms with Crippen LogP contribution in [0.15, 0.2) is 60.8 Å². The van der Waals surface area contributed by atoms with E-state index in [0.717, 1.165) is 11.1 Å². The Morgan fingerprint density at radius 2 is 1.53 bits per heavy atom. The van der Waals surface area contributed by atoms with Crippen LogP contribution in [0.3, 0.4) is 0 Å². The summed E-state index contributed by atoms with van der Waals surface area (Å²) in [5.74, 6) is -2.63.